The van der Waals surface area contributed by atoms with Gasteiger partial charge in [-0.25, -0.2) is 15.0 Å². The van der Waals surface area contributed by atoms with Crippen molar-refractivity contribution in [3.63, 3.8) is 0 Å². The summed E-state index contributed by atoms with van der Waals surface area (Å²) < 4.78 is 6.57. The zero-order chi connectivity index (χ0) is 16.8. The van der Waals surface area contributed by atoms with Crippen LogP contribution in [0.3, 0.4) is 0 Å². The quantitative estimate of drug-likeness (QED) is 0.676. The van der Waals surface area contributed by atoms with Gasteiger partial charge in [0.15, 0.2) is 0 Å². The number of hydrogen-bond donors (Lipinski definition) is 1. The van der Waals surface area contributed by atoms with Crippen molar-refractivity contribution in [3.05, 3.63) is 65.0 Å². The van der Waals surface area contributed by atoms with Crippen molar-refractivity contribution in [1.29, 1.82) is 0 Å². The number of carbonyl (C=O) groups is 1. The zero-order valence-corrected chi connectivity index (χ0v) is 12.8. The monoisotopic (exact) mass is 325 g/mol. The van der Waals surface area contributed by atoms with Gasteiger partial charge in [-0.2, -0.15) is 0 Å². The van der Waals surface area contributed by atoms with Crippen LogP contribution in [0.1, 0.15) is 12.1 Å². The lowest BCUT2D eigenvalue weighted by Crippen LogP contribution is -2.17. The van der Waals surface area contributed by atoms with Crippen molar-refractivity contribution in [2.45, 2.75) is 13.0 Å². The molecule has 3 aromatic heterocycles. The number of aromatic nitrogens is 4. The Morgan fingerprint density at radius 1 is 1.21 bits per heavy atom. The second-order valence-corrected chi connectivity index (χ2v) is 4.92. The maximum Gasteiger partial charge on any atom is 0.307 e. The lowest BCUT2D eigenvalue weighted by Gasteiger charge is -2.06. The normalized spacial score (nSPS) is 10.5. The molecule has 8 nitrogen and oxygen atoms in total. The highest BCUT2D eigenvalue weighted by molar-refractivity contribution is 5.69. The summed E-state index contributed by atoms with van der Waals surface area (Å²) >= 11 is 0. The van der Waals surface area contributed by atoms with Crippen LogP contribution < -0.4 is 10.9 Å². The minimum absolute atomic E-state index is 0.0404. The predicted octanol–water partition coefficient (Wildman–Crippen LogP) is 1.03. The molecule has 3 rings (SSSR count). The molecule has 8 heteroatoms. The molecule has 1 N–H and O–H groups in total. The maximum absolute atomic E-state index is 11.9. The summed E-state index contributed by atoms with van der Waals surface area (Å²) in [6.07, 6.45) is 5.01. The molecular weight excluding hydrogens is 310 g/mol. The topological polar surface area (TPSA) is 98.5 Å². The van der Waals surface area contributed by atoms with Crippen LogP contribution in [0.15, 0.2) is 53.7 Å². The lowest BCUT2D eigenvalue weighted by molar-refractivity contribution is -0.144. The van der Waals surface area contributed by atoms with Gasteiger partial charge < -0.3 is 10.1 Å². The third kappa shape index (κ3) is 3.92. The number of carbonyl (C=O) groups excluding carboxylic acids is 1. The minimum atomic E-state index is -0.395. The summed E-state index contributed by atoms with van der Waals surface area (Å²) in [6.45, 7) is 0.317. The summed E-state index contributed by atoms with van der Waals surface area (Å²) in [5.41, 5.74) is 0.715. The SMILES string of the molecule is O=C(CCNc1ncccn1)OCc1cc(=O)n2ccccc2n1. The molecular formula is C16H15N5O3. The van der Waals surface area contributed by atoms with Crippen LogP contribution in [0.5, 0.6) is 0 Å². The Kier molecular flexibility index (Phi) is 4.76. The van der Waals surface area contributed by atoms with E-state index >= 15 is 0 Å². The second kappa shape index (κ2) is 7.32. The van der Waals surface area contributed by atoms with Crippen LogP contribution in [0.2, 0.25) is 0 Å². The largest absolute Gasteiger partial charge is 0.459 e. The third-order valence-electron chi connectivity index (χ3n) is 3.18. The first-order valence-corrected chi connectivity index (χ1v) is 7.36. The molecule has 0 amide bonds. The molecule has 122 valence electrons. The molecule has 3 aromatic rings. The molecule has 0 aliphatic rings. The summed E-state index contributed by atoms with van der Waals surface area (Å²) in [4.78, 5) is 35.9. The summed E-state index contributed by atoms with van der Waals surface area (Å²) in [5, 5.41) is 2.92. The molecule has 0 atom stereocenters. The van der Waals surface area contributed by atoms with Crippen LogP contribution in [0, 0.1) is 0 Å². The van der Waals surface area contributed by atoms with E-state index in [9.17, 15) is 9.59 Å². The van der Waals surface area contributed by atoms with Gasteiger partial charge in [-0.15, -0.1) is 0 Å². The van der Waals surface area contributed by atoms with E-state index in [-0.39, 0.29) is 18.6 Å². The Labute approximate surface area is 137 Å². The molecule has 24 heavy (non-hydrogen) atoms. The zero-order valence-electron chi connectivity index (χ0n) is 12.8. The first-order valence-electron chi connectivity index (χ1n) is 7.36. The Bertz CT molecular complexity index is 895. The van der Waals surface area contributed by atoms with Crippen molar-refractivity contribution in [2.75, 3.05) is 11.9 Å². The average molecular weight is 325 g/mol. The van der Waals surface area contributed by atoms with Crippen molar-refractivity contribution < 1.29 is 9.53 Å². The van der Waals surface area contributed by atoms with Gasteiger partial charge in [0.25, 0.3) is 5.56 Å². The van der Waals surface area contributed by atoms with Gasteiger partial charge in [0.2, 0.25) is 5.95 Å². The highest BCUT2D eigenvalue weighted by Gasteiger charge is 2.07. The van der Waals surface area contributed by atoms with Gasteiger partial charge >= 0.3 is 5.97 Å². The predicted molar refractivity (Wildman–Crippen MR) is 86.4 cm³/mol. The number of rotatable bonds is 6. The van der Waals surface area contributed by atoms with E-state index in [1.807, 2.05) is 0 Å². The van der Waals surface area contributed by atoms with Crippen molar-refractivity contribution in [3.8, 4) is 0 Å². The Morgan fingerprint density at radius 3 is 2.88 bits per heavy atom. The second-order valence-electron chi connectivity index (χ2n) is 4.92. The molecule has 0 unspecified atom stereocenters. The summed E-state index contributed by atoms with van der Waals surface area (Å²) in [7, 11) is 0. The first-order chi connectivity index (χ1) is 11.7. The van der Waals surface area contributed by atoms with Crippen molar-refractivity contribution >= 4 is 17.6 Å². The van der Waals surface area contributed by atoms with E-state index < -0.39 is 5.97 Å². The van der Waals surface area contributed by atoms with Crippen molar-refractivity contribution in [2.24, 2.45) is 0 Å². The maximum atomic E-state index is 11.9. The van der Waals surface area contributed by atoms with E-state index in [1.165, 1.54) is 10.5 Å². The van der Waals surface area contributed by atoms with Gasteiger partial charge in [-0.3, -0.25) is 14.0 Å². The minimum Gasteiger partial charge on any atom is -0.459 e. The van der Waals surface area contributed by atoms with E-state index in [0.29, 0.717) is 23.8 Å². The number of esters is 1. The fourth-order valence-corrected chi connectivity index (χ4v) is 2.07. The number of nitrogens with one attached hydrogen (secondary N) is 1. The van der Waals surface area contributed by atoms with Crippen molar-refractivity contribution in [1.82, 2.24) is 19.4 Å². The highest BCUT2D eigenvalue weighted by Crippen LogP contribution is 2.02. The third-order valence-corrected chi connectivity index (χ3v) is 3.18. The van der Waals surface area contributed by atoms with Gasteiger partial charge in [0.05, 0.1) is 12.1 Å². The average Bonchev–Trinajstić information content (AvgIpc) is 2.61. The van der Waals surface area contributed by atoms with E-state index in [2.05, 4.69) is 20.3 Å². The Hall–Kier alpha value is -3.29. The molecule has 0 radical (unpaired) electrons. The molecule has 3 heterocycles. The molecule has 0 fully saturated rings. The number of hydrogen-bond acceptors (Lipinski definition) is 7. The van der Waals surface area contributed by atoms with Crippen LogP contribution in [-0.2, 0) is 16.1 Å². The van der Waals surface area contributed by atoms with E-state index in [0.717, 1.165) is 0 Å². The molecule has 0 saturated heterocycles. The first kappa shape index (κ1) is 15.6. The number of fused-ring (bicyclic) bond motifs is 1. The van der Waals surface area contributed by atoms with Gasteiger partial charge in [-0.05, 0) is 18.2 Å². The van der Waals surface area contributed by atoms with E-state index in [1.54, 1.807) is 42.9 Å². The summed E-state index contributed by atoms with van der Waals surface area (Å²) in [6, 6.07) is 8.32. The number of ether oxygens (including phenoxy) is 1. The molecule has 0 aliphatic heterocycles. The smallest absolute Gasteiger partial charge is 0.307 e. The molecule has 0 bridgehead atoms. The number of pyridine rings is 1. The standard InChI is InChI=1S/C16H15N5O3/c22-14-10-12(20-13-4-1-2-9-21(13)14)11-24-15(23)5-8-19-16-17-6-3-7-18-16/h1-4,6-7,9-10H,5,8,11H2,(H,17,18,19). The molecule has 0 spiro atoms. The van der Waals surface area contributed by atoms with Gasteiger partial charge in [0, 0.05) is 31.2 Å². The van der Waals surface area contributed by atoms with Gasteiger partial charge in [0.1, 0.15) is 12.3 Å². The fourth-order valence-electron chi connectivity index (χ4n) is 2.07. The fraction of sp³-hybridized carbons (Fsp3) is 0.188. The highest BCUT2D eigenvalue weighted by atomic mass is 16.5. The Balaban J connectivity index is 1.52. The van der Waals surface area contributed by atoms with Crippen LogP contribution in [0.4, 0.5) is 5.95 Å². The van der Waals surface area contributed by atoms with Crippen LogP contribution >= 0.6 is 0 Å². The van der Waals surface area contributed by atoms with E-state index in [4.69, 9.17) is 4.74 Å². The number of nitrogens with zero attached hydrogens (tertiary/aromatic N) is 4. The lowest BCUT2D eigenvalue weighted by atomic mass is 10.4. The Morgan fingerprint density at radius 2 is 2.04 bits per heavy atom. The van der Waals surface area contributed by atoms with Crippen LogP contribution in [0.25, 0.3) is 5.65 Å². The molecule has 0 aromatic carbocycles. The molecule has 0 saturated carbocycles. The van der Waals surface area contributed by atoms with Crippen LogP contribution in [-0.4, -0.2) is 31.9 Å². The number of anilines is 1. The molecule has 0 aliphatic carbocycles. The van der Waals surface area contributed by atoms with Gasteiger partial charge in [-0.1, -0.05) is 6.07 Å². The summed E-state index contributed by atoms with van der Waals surface area (Å²) in [5.74, 6) is 0.0583.